The molecule has 1 aromatic rings. The zero-order valence-corrected chi connectivity index (χ0v) is 11.2. The molecule has 1 rings (SSSR count). The largest absolute Gasteiger partial charge is 0.394 e. The van der Waals surface area contributed by atoms with E-state index in [4.69, 9.17) is 5.11 Å². The summed E-state index contributed by atoms with van der Waals surface area (Å²) in [5, 5.41) is 14.2. The number of nitrogens with one attached hydrogen (secondary N) is 2. The molecule has 0 radical (unpaired) electrons. The van der Waals surface area contributed by atoms with Gasteiger partial charge in [0.2, 0.25) is 5.91 Å². The molecule has 0 bridgehead atoms. The molecule has 0 aliphatic carbocycles. The second-order valence-electron chi connectivity index (χ2n) is 4.60. The van der Waals surface area contributed by atoms with Gasteiger partial charge in [-0.3, -0.25) is 9.59 Å². The average molecular weight is 264 g/mol. The van der Waals surface area contributed by atoms with Crippen molar-refractivity contribution < 1.29 is 14.7 Å². The molecular weight excluding hydrogens is 244 g/mol. The number of aliphatic hydroxyl groups excluding tert-OH is 1. The molecule has 0 aliphatic heterocycles. The maximum absolute atomic E-state index is 11.8. The zero-order chi connectivity index (χ0) is 14.3. The summed E-state index contributed by atoms with van der Waals surface area (Å²) in [6.07, 6.45) is 0.183. The Morgan fingerprint density at radius 1 is 1.11 bits per heavy atom. The van der Waals surface area contributed by atoms with Crippen LogP contribution in [0.3, 0.4) is 0 Å². The smallest absolute Gasteiger partial charge is 0.251 e. The number of benzene rings is 1. The van der Waals surface area contributed by atoms with Crippen LogP contribution in [0.25, 0.3) is 0 Å². The molecule has 0 heterocycles. The number of carbonyl (C=O) groups excluding carboxylic acids is 2. The maximum Gasteiger partial charge on any atom is 0.251 e. The highest BCUT2D eigenvalue weighted by Crippen LogP contribution is 2.00. The lowest BCUT2D eigenvalue weighted by Gasteiger charge is -2.16. The fraction of sp³-hybridized carbons (Fsp3) is 0.429. The van der Waals surface area contributed by atoms with Crippen LogP contribution < -0.4 is 10.6 Å². The number of carbonyl (C=O) groups is 2. The lowest BCUT2D eigenvalue weighted by atomic mass is 10.1. The predicted octanol–water partition coefficient (Wildman–Crippen LogP) is 0.692. The van der Waals surface area contributed by atoms with Crippen LogP contribution in [-0.2, 0) is 4.79 Å². The van der Waals surface area contributed by atoms with Crippen LogP contribution in [0, 0.1) is 0 Å². The van der Waals surface area contributed by atoms with Crippen molar-refractivity contribution >= 4 is 11.8 Å². The molecule has 2 amide bonds. The van der Waals surface area contributed by atoms with E-state index in [1.807, 2.05) is 6.07 Å². The Morgan fingerprint density at radius 2 is 1.74 bits per heavy atom. The van der Waals surface area contributed by atoms with Crippen LogP contribution >= 0.6 is 0 Å². The molecule has 0 fully saturated rings. The van der Waals surface area contributed by atoms with Crippen LogP contribution in [0.15, 0.2) is 30.3 Å². The molecule has 5 heteroatoms. The summed E-state index contributed by atoms with van der Waals surface area (Å²) in [5.41, 5.74) is 0.568. The van der Waals surface area contributed by atoms with Gasteiger partial charge < -0.3 is 15.7 Å². The van der Waals surface area contributed by atoms with Crippen LogP contribution in [0.2, 0.25) is 0 Å². The normalized spacial score (nSPS) is 13.4. The highest BCUT2D eigenvalue weighted by molar-refractivity contribution is 5.94. The van der Waals surface area contributed by atoms with Crippen molar-refractivity contribution in [3.63, 3.8) is 0 Å². The van der Waals surface area contributed by atoms with E-state index < -0.39 is 0 Å². The Labute approximate surface area is 113 Å². The van der Waals surface area contributed by atoms with Gasteiger partial charge in [0.1, 0.15) is 0 Å². The molecule has 19 heavy (non-hydrogen) atoms. The molecule has 3 N–H and O–H groups in total. The number of aliphatic hydroxyl groups is 1. The molecule has 104 valence electrons. The number of amides is 2. The van der Waals surface area contributed by atoms with Crippen molar-refractivity contribution in [2.24, 2.45) is 0 Å². The van der Waals surface area contributed by atoms with Crippen molar-refractivity contribution in [3.8, 4) is 0 Å². The topological polar surface area (TPSA) is 78.4 Å². The van der Waals surface area contributed by atoms with Crippen molar-refractivity contribution in [1.82, 2.24) is 10.6 Å². The Morgan fingerprint density at radius 3 is 2.32 bits per heavy atom. The van der Waals surface area contributed by atoms with Gasteiger partial charge in [-0.2, -0.15) is 0 Å². The maximum atomic E-state index is 11.8. The molecule has 0 aliphatic rings. The molecule has 0 aromatic heterocycles. The second-order valence-corrected chi connectivity index (χ2v) is 4.60. The van der Waals surface area contributed by atoms with Crippen LogP contribution in [0.4, 0.5) is 0 Å². The van der Waals surface area contributed by atoms with Gasteiger partial charge in [-0.25, -0.2) is 0 Å². The van der Waals surface area contributed by atoms with Gasteiger partial charge in [0.25, 0.3) is 5.91 Å². The van der Waals surface area contributed by atoms with Crippen molar-refractivity contribution in [3.05, 3.63) is 35.9 Å². The van der Waals surface area contributed by atoms with Gasteiger partial charge in [-0.1, -0.05) is 18.2 Å². The minimum atomic E-state index is -0.274. The van der Waals surface area contributed by atoms with Gasteiger partial charge in [0.05, 0.1) is 6.61 Å². The zero-order valence-electron chi connectivity index (χ0n) is 11.2. The Hall–Kier alpha value is -1.88. The quantitative estimate of drug-likeness (QED) is 0.707. The molecule has 0 saturated carbocycles. The first-order chi connectivity index (χ1) is 9.02. The Bertz CT molecular complexity index is 420. The monoisotopic (exact) mass is 264 g/mol. The van der Waals surface area contributed by atoms with E-state index in [9.17, 15) is 9.59 Å². The fourth-order valence-corrected chi connectivity index (χ4v) is 1.61. The van der Waals surface area contributed by atoms with E-state index >= 15 is 0 Å². The third-order valence-electron chi connectivity index (χ3n) is 2.59. The van der Waals surface area contributed by atoms with Crippen LogP contribution in [0.5, 0.6) is 0 Å². The van der Waals surface area contributed by atoms with Crippen molar-refractivity contribution in [2.75, 3.05) is 6.61 Å². The minimum Gasteiger partial charge on any atom is -0.394 e. The van der Waals surface area contributed by atoms with Gasteiger partial charge in [0, 0.05) is 24.1 Å². The van der Waals surface area contributed by atoms with Crippen molar-refractivity contribution in [2.45, 2.75) is 32.4 Å². The van der Waals surface area contributed by atoms with E-state index in [1.54, 1.807) is 38.1 Å². The van der Waals surface area contributed by atoms with E-state index in [1.165, 1.54) is 0 Å². The van der Waals surface area contributed by atoms with Crippen LogP contribution in [-0.4, -0.2) is 35.6 Å². The summed E-state index contributed by atoms with van der Waals surface area (Å²) in [4.78, 5) is 23.4. The molecule has 5 nitrogen and oxygen atoms in total. The van der Waals surface area contributed by atoms with E-state index in [0.29, 0.717) is 5.56 Å². The first-order valence-corrected chi connectivity index (χ1v) is 6.29. The fourth-order valence-electron chi connectivity index (χ4n) is 1.61. The summed E-state index contributed by atoms with van der Waals surface area (Å²) in [6.45, 7) is 3.38. The number of hydrogen-bond donors (Lipinski definition) is 3. The van der Waals surface area contributed by atoms with E-state index in [2.05, 4.69) is 10.6 Å². The van der Waals surface area contributed by atoms with Gasteiger partial charge in [-0.15, -0.1) is 0 Å². The number of hydrogen-bond acceptors (Lipinski definition) is 3. The first-order valence-electron chi connectivity index (χ1n) is 6.29. The van der Waals surface area contributed by atoms with E-state index in [0.717, 1.165) is 0 Å². The van der Waals surface area contributed by atoms with Gasteiger partial charge in [-0.05, 0) is 26.0 Å². The highest BCUT2D eigenvalue weighted by atomic mass is 16.3. The second kappa shape index (κ2) is 7.53. The summed E-state index contributed by atoms with van der Waals surface area (Å²) in [7, 11) is 0. The summed E-state index contributed by atoms with van der Waals surface area (Å²) in [6, 6.07) is 8.31. The van der Waals surface area contributed by atoms with Crippen molar-refractivity contribution in [1.29, 1.82) is 0 Å². The summed E-state index contributed by atoms with van der Waals surface area (Å²) >= 11 is 0. The Kier molecular flexibility index (Phi) is 6.02. The third kappa shape index (κ3) is 5.52. The molecule has 2 unspecified atom stereocenters. The van der Waals surface area contributed by atoms with Gasteiger partial charge >= 0.3 is 0 Å². The van der Waals surface area contributed by atoms with E-state index in [-0.39, 0.29) is 36.9 Å². The highest BCUT2D eigenvalue weighted by Gasteiger charge is 2.14. The standard InChI is InChI=1S/C14H20N2O3/c1-10(8-13(18)15-11(2)9-17)16-14(19)12-6-4-3-5-7-12/h3-7,10-11,17H,8-9H2,1-2H3,(H,15,18)(H,16,19). The van der Waals surface area contributed by atoms with Gasteiger partial charge in [0.15, 0.2) is 0 Å². The lowest BCUT2D eigenvalue weighted by Crippen LogP contribution is -2.40. The summed E-state index contributed by atoms with van der Waals surface area (Å²) < 4.78 is 0. The predicted molar refractivity (Wildman–Crippen MR) is 72.7 cm³/mol. The number of rotatable bonds is 6. The molecule has 1 aromatic carbocycles. The summed E-state index contributed by atoms with van der Waals surface area (Å²) in [5.74, 6) is -0.390. The molecule has 2 atom stereocenters. The molecule has 0 spiro atoms. The lowest BCUT2D eigenvalue weighted by molar-refractivity contribution is -0.122. The van der Waals surface area contributed by atoms with Crippen LogP contribution in [0.1, 0.15) is 30.6 Å². The SMILES string of the molecule is CC(CO)NC(=O)CC(C)NC(=O)c1ccccc1. The minimum absolute atomic E-state index is 0.101. The molecule has 0 saturated heterocycles. The Balaban J connectivity index is 2.41. The molecular formula is C14H20N2O3. The first kappa shape index (κ1) is 15.2. The third-order valence-corrected chi connectivity index (χ3v) is 2.59. The average Bonchev–Trinajstić information content (AvgIpc) is 2.39.